The topological polar surface area (TPSA) is 64.4 Å². The number of hydrogen-bond donors (Lipinski definition) is 0. The number of nitrogens with zero attached hydrogens (tertiary/aromatic N) is 3. The predicted molar refractivity (Wildman–Crippen MR) is 81.9 cm³/mol. The summed E-state index contributed by atoms with van der Waals surface area (Å²) >= 11 is 12.0. The number of benzene rings is 1. The normalized spacial score (nSPS) is 19.1. The van der Waals surface area contributed by atoms with Crippen molar-refractivity contribution in [3.63, 3.8) is 0 Å². The standard InChI is InChI=1S/C13H15Cl2N3O2S/c1-10(9-16)17-5-7-18(8-6-17)21(19,20)13-11(14)3-2-4-12(13)15/h2-4,10H,5-8H2,1H3/t10-/m0/s1. The Labute approximate surface area is 134 Å². The largest absolute Gasteiger partial charge is 0.286 e. The molecule has 1 aromatic carbocycles. The monoisotopic (exact) mass is 347 g/mol. The van der Waals surface area contributed by atoms with Crippen LogP contribution >= 0.6 is 23.2 Å². The molecule has 1 aromatic rings. The molecule has 5 nitrogen and oxygen atoms in total. The zero-order valence-electron chi connectivity index (χ0n) is 11.5. The Hall–Kier alpha value is -0.840. The third-order valence-corrected chi connectivity index (χ3v) is 6.38. The predicted octanol–water partition coefficient (Wildman–Crippen LogP) is 2.21. The summed E-state index contributed by atoms with van der Waals surface area (Å²) in [7, 11) is -3.72. The first kappa shape index (κ1) is 16.5. The van der Waals surface area contributed by atoms with Crippen molar-refractivity contribution in [3.05, 3.63) is 28.2 Å². The van der Waals surface area contributed by atoms with Gasteiger partial charge in [0.25, 0.3) is 0 Å². The van der Waals surface area contributed by atoms with E-state index in [9.17, 15) is 8.42 Å². The maximum Gasteiger partial charge on any atom is 0.246 e. The van der Waals surface area contributed by atoms with E-state index in [0.717, 1.165) is 0 Å². The highest BCUT2D eigenvalue weighted by Gasteiger charge is 2.32. The smallest absolute Gasteiger partial charge is 0.246 e. The van der Waals surface area contributed by atoms with E-state index in [2.05, 4.69) is 6.07 Å². The van der Waals surface area contributed by atoms with Gasteiger partial charge in [0.1, 0.15) is 4.90 Å². The molecule has 0 aliphatic carbocycles. The maximum atomic E-state index is 12.6. The van der Waals surface area contributed by atoms with Crippen LogP contribution < -0.4 is 0 Å². The van der Waals surface area contributed by atoms with E-state index < -0.39 is 10.0 Å². The molecule has 114 valence electrons. The summed E-state index contributed by atoms with van der Waals surface area (Å²) in [6, 6.07) is 6.55. The van der Waals surface area contributed by atoms with Gasteiger partial charge in [-0.05, 0) is 19.1 Å². The number of piperazine rings is 1. The van der Waals surface area contributed by atoms with Crippen LogP contribution in [0, 0.1) is 11.3 Å². The summed E-state index contributed by atoms with van der Waals surface area (Å²) in [6.45, 7) is 3.45. The second kappa shape index (κ2) is 6.51. The third-order valence-electron chi connectivity index (χ3n) is 3.52. The Bertz CT molecular complexity index is 644. The number of halogens is 2. The molecular weight excluding hydrogens is 333 g/mol. The first-order valence-electron chi connectivity index (χ1n) is 6.45. The van der Waals surface area contributed by atoms with Crippen LogP contribution in [0.3, 0.4) is 0 Å². The van der Waals surface area contributed by atoms with E-state index in [4.69, 9.17) is 28.5 Å². The Morgan fingerprint density at radius 2 is 1.71 bits per heavy atom. The molecule has 1 aliphatic heterocycles. The van der Waals surface area contributed by atoms with E-state index >= 15 is 0 Å². The van der Waals surface area contributed by atoms with Crippen LogP contribution in [0.4, 0.5) is 0 Å². The van der Waals surface area contributed by atoms with Gasteiger partial charge in [0.2, 0.25) is 10.0 Å². The van der Waals surface area contributed by atoms with Crippen LogP contribution in [0.2, 0.25) is 10.0 Å². The van der Waals surface area contributed by atoms with Crippen molar-refractivity contribution in [2.75, 3.05) is 26.2 Å². The van der Waals surface area contributed by atoms with E-state index in [1.165, 1.54) is 16.4 Å². The lowest BCUT2D eigenvalue weighted by Crippen LogP contribution is -2.51. The molecule has 0 aromatic heterocycles. The highest BCUT2D eigenvalue weighted by atomic mass is 35.5. The van der Waals surface area contributed by atoms with Gasteiger partial charge in [-0.3, -0.25) is 4.90 Å². The number of hydrogen-bond acceptors (Lipinski definition) is 4. The zero-order chi connectivity index (χ0) is 15.6. The molecule has 1 atom stereocenters. The van der Waals surface area contributed by atoms with Gasteiger partial charge < -0.3 is 0 Å². The van der Waals surface area contributed by atoms with Gasteiger partial charge in [0.05, 0.1) is 22.2 Å². The van der Waals surface area contributed by atoms with Crippen molar-refractivity contribution in [3.8, 4) is 6.07 Å². The first-order valence-corrected chi connectivity index (χ1v) is 8.65. The molecule has 0 radical (unpaired) electrons. The van der Waals surface area contributed by atoms with Gasteiger partial charge >= 0.3 is 0 Å². The van der Waals surface area contributed by atoms with Gasteiger partial charge in [-0.2, -0.15) is 9.57 Å². The fourth-order valence-corrected chi connectivity index (χ4v) is 4.78. The fraction of sp³-hybridized carbons (Fsp3) is 0.462. The lowest BCUT2D eigenvalue weighted by Gasteiger charge is -2.35. The second-order valence-corrected chi connectivity index (χ2v) is 7.49. The molecule has 1 fully saturated rings. The van der Waals surface area contributed by atoms with Crippen molar-refractivity contribution >= 4 is 33.2 Å². The van der Waals surface area contributed by atoms with E-state index in [1.54, 1.807) is 13.0 Å². The Balaban J connectivity index is 2.22. The molecule has 0 saturated carbocycles. The quantitative estimate of drug-likeness (QED) is 0.840. The molecule has 0 amide bonds. The molecule has 8 heteroatoms. The number of nitriles is 1. The van der Waals surface area contributed by atoms with Crippen LogP contribution in [-0.2, 0) is 10.0 Å². The van der Waals surface area contributed by atoms with Crippen LogP contribution in [-0.4, -0.2) is 49.8 Å². The summed E-state index contributed by atoms with van der Waals surface area (Å²) in [5.74, 6) is 0. The van der Waals surface area contributed by atoms with Crippen molar-refractivity contribution in [1.82, 2.24) is 9.21 Å². The summed E-state index contributed by atoms with van der Waals surface area (Å²) < 4.78 is 26.7. The van der Waals surface area contributed by atoms with Gasteiger partial charge in [0, 0.05) is 26.2 Å². The molecular formula is C13H15Cl2N3O2S. The Morgan fingerprint density at radius 3 is 2.19 bits per heavy atom. The lowest BCUT2D eigenvalue weighted by atomic mass is 10.2. The molecule has 0 unspecified atom stereocenters. The minimum absolute atomic E-state index is 0.0462. The van der Waals surface area contributed by atoms with Crippen LogP contribution in [0.5, 0.6) is 0 Å². The summed E-state index contributed by atoms with van der Waals surface area (Å²) in [6.07, 6.45) is 0. The van der Waals surface area contributed by atoms with Crippen molar-refractivity contribution in [1.29, 1.82) is 5.26 Å². The molecule has 0 bridgehead atoms. The van der Waals surface area contributed by atoms with Crippen molar-refractivity contribution in [2.24, 2.45) is 0 Å². The highest BCUT2D eigenvalue weighted by molar-refractivity contribution is 7.89. The molecule has 2 rings (SSSR count). The second-order valence-electron chi connectivity index (χ2n) is 4.80. The van der Waals surface area contributed by atoms with Crippen molar-refractivity contribution < 1.29 is 8.42 Å². The van der Waals surface area contributed by atoms with E-state index in [1.807, 2.05) is 4.90 Å². The average molecular weight is 348 g/mol. The molecule has 0 N–H and O–H groups in total. The molecule has 1 saturated heterocycles. The molecule has 1 heterocycles. The van der Waals surface area contributed by atoms with Gasteiger partial charge in [-0.1, -0.05) is 29.3 Å². The first-order chi connectivity index (χ1) is 9.87. The summed E-state index contributed by atoms with van der Waals surface area (Å²) in [5.41, 5.74) is 0. The number of sulfonamides is 1. The Morgan fingerprint density at radius 1 is 1.19 bits per heavy atom. The van der Waals surface area contributed by atoms with Crippen LogP contribution in [0.25, 0.3) is 0 Å². The Kier molecular flexibility index (Phi) is 5.12. The maximum absolute atomic E-state index is 12.6. The number of rotatable bonds is 3. The average Bonchev–Trinajstić information content (AvgIpc) is 2.46. The molecule has 0 spiro atoms. The van der Waals surface area contributed by atoms with E-state index in [-0.39, 0.29) is 21.0 Å². The summed E-state index contributed by atoms with van der Waals surface area (Å²) in [5, 5.41) is 9.15. The van der Waals surface area contributed by atoms with Crippen LogP contribution in [0.15, 0.2) is 23.1 Å². The van der Waals surface area contributed by atoms with Gasteiger partial charge in [0.15, 0.2) is 0 Å². The van der Waals surface area contributed by atoms with Gasteiger partial charge in [-0.15, -0.1) is 0 Å². The van der Waals surface area contributed by atoms with Crippen LogP contribution in [0.1, 0.15) is 6.92 Å². The minimum Gasteiger partial charge on any atom is -0.286 e. The summed E-state index contributed by atoms with van der Waals surface area (Å²) in [4.78, 5) is 1.90. The molecule has 21 heavy (non-hydrogen) atoms. The zero-order valence-corrected chi connectivity index (χ0v) is 13.8. The highest BCUT2D eigenvalue weighted by Crippen LogP contribution is 2.31. The minimum atomic E-state index is -3.72. The SMILES string of the molecule is C[C@@H](C#N)N1CCN(S(=O)(=O)c2c(Cl)cccc2Cl)CC1. The van der Waals surface area contributed by atoms with E-state index in [0.29, 0.717) is 26.2 Å². The fourth-order valence-electron chi connectivity index (χ4n) is 2.27. The molecule has 1 aliphatic rings. The van der Waals surface area contributed by atoms with Gasteiger partial charge in [-0.25, -0.2) is 8.42 Å². The van der Waals surface area contributed by atoms with Crippen molar-refractivity contribution in [2.45, 2.75) is 17.9 Å². The third kappa shape index (κ3) is 3.33. The lowest BCUT2D eigenvalue weighted by molar-refractivity contribution is 0.169.